The molecule has 3 heteroatoms. The molecule has 2 N–H and O–H groups in total. The van der Waals surface area contributed by atoms with Gasteiger partial charge in [-0.1, -0.05) is 38.5 Å². The molecule has 1 spiro atoms. The average molecular weight is 294 g/mol. The molecule has 4 aliphatic rings. The number of fused-ring (bicyclic) bond motifs is 4. The molecule has 0 aromatic carbocycles. The SMILES string of the molecule is O[C@]12CCCC[C@@H]1C1(CCCCC1)O[C@@]1(O)CCCC[C@H]21. The second kappa shape index (κ2) is 4.94. The lowest BCUT2D eigenvalue weighted by atomic mass is 9.53. The van der Waals surface area contributed by atoms with Crippen LogP contribution in [0.3, 0.4) is 0 Å². The molecule has 3 saturated carbocycles. The summed E-state index contributed by atoms with van der Waals surface area (Å²) in [5, 5.41) is 22.9. The molecular formula is C18H30O3. The summed E-state index contributed by atoms with van der Waals surface area (Å²) in [6, 6.07) is 0. The first-order chi connectivity index (χ1) is 10.1. The van der Waals surface area contributed by atoms with Crippen LogP contribution >= 0.6 is 0 Å². The Kier molecular flexibility index (Phi) is 3.40. The Bertz CT molecular complexity index is 396. The maximum absolute atomic E-state index is 11.6. The second-order valence-corrected chi connectivity index (χ2v) is 8.16. The van der Waals surface area contributed by atoms with Crippen LogP contribution in [0.2, 0.25) is 0 Å². The van der Waals surface area contributed by atoms with Crippen LogP contribution < -0.4 is 0 Å². The van der Waals surface area contributed by atoms with Crippen molar-refractivity contribution in [3.63, 3.8) is 0 Å². The Morgan fingerprint density at radius 3 is 2.05 bits per heavy atom. The number of rotatable bonds is 0. The Labute approximate surface area is 128 Å². The molecule has 120 valence electrons. The summed E-state index contributed by atoms with van der Waals surface area (Å²) >= 11 is 0. The van der Waals surface area contributed by atoms with Crippen LogP contribution in [0.25, 0.3) is 0 Å². The van der Waals surface area contributed by atoms with E-state index < -0.39 is 11.4 Å². The first-order valence-electron chi connectivity index (χ1n) is 9.24. The van der Waals surface area contributed by atoms with E-state index in [0.29, 0.717) is 6.42 Å². The largest absolute Gasteiger partial charge is 0.389 e. The summed E-state index contributed by atoms with van der Waals surface area (Å²) in [7, 11) is 0. The summed E-state index contributed by atoms with van der Waals surface area (Å²) < 4.78 is 6.54. The first kappa shape index (κ1) is 14.5. The molecule has 0 aromatic heterocycles. The lowest BCUT2D eigenvalue weighted by molar-refractivity contribution is -0.399. The standard InChI is InChI=1S/C18H30O3/c19-17-12-6-2-8-14(17)16(10-4-1-5-11-16)21-18(20)13-7-3-9-15(17)18/h14-15,19-20H,1-13H2/t14-,15-,17-,18+/m1/s1. The van der Waals surface area contributed by atoms with Gasteiger partial charge in [0.15, 0.2) is 5.79 Å². The van der Waals surface area contributed by atoms with E-state index in [4.69, 9.17) is 4.74 Å². The number of hydrogen-bond donors (Lipinski definition) is 2. The quantitative estimate of drug-likeness (QED) is 0.718. The van der Waals surface area contributed by atoms with E-state index in [0.717, 1.165) is 51.4 Å². The zero-order valence-electron chi connectivity index (χ0n) is 13.1. The Balaban J connectivity index is 1.76. The van der Waals surface area contributed by atoms with E-state index in [2.05, 4.69) is 0 Å². The predicted molar refractivity (Wildman–Crippen MR) is 80.7 cm³/mol. The van der Waals surface area contributed by atoms with E-state index in [-0.39, 0.29) is 17.4 Å². The summed E-state index contributed by atoms with van der Waals surface area (Å²) in [6.07, 6.45) is 13.8. The van der Waals surface area contributed by atoms with Gasteiger partial charge in [0.05, 0.1) is 11.2 Å². The van der Waals surface area contributed by atoms with Crippen LogP contribution in [0, 0.1) is 11.8 Å². The molecule has 4 fully saturated rings. The van der Waals surface area contributed by atoms with E-state index in [1.807, 2.05) is 0 Å². The highest BCUT2D eigenvalue weighted by Crippen LogP contribution is 2.61. The van der Waals surface area contributed by atoms with Crippen LogP contribution in [-0.4, -0.2) is 27.2 Å². The third-order valence-corrected chi connectivity index (χ3v) is 7.06. The molecular weight excluding hydrogens is 264 g/mol. The van der Waals surface area contributed by atoms with Gasteiger partial charge in [-0.15, -0.1) is 0 Å². The topological polar surface area (TPSA) is 49.7 Å². The minimum absolute atomic E-state index is 0.0587. The zero-order valence-corrected chi connectivity index (χ0v) is 13.1. The number of ether oxygens (including phenoxy) is 1. The molecule has 1 saturated heterocycles. The fourth-order valence-electron chi connectivity index (χ4n) is 6.23. The minimum Gasteiger partial charge on any atom is -0.389 e. The fourth-order valence-corrected chi connectivity index (χ4v) is 6.23. The minimum atomic E-state index is -1.06. The summed E-state index contributed by atoms with van der Waals surface area (Å²) in [6.45, 7) is 0. The van der Waals surface area contributed by atoms with Gasteiger partial charge in [0, 0.05) is 18.3 Å². The number of hydrogen-bond acceptors (Lipinski definition) is 3. The van der Waals surface area contributed by atoms with Gasteiger partial charge in [-0.25, -0.2) is 0 Å². The maximum Gasteiger partial charge on any atom is 0.171 e. The van der Waals surface area contributed by atoms with Crippen molar-refractivity contribution in [3.8, 4) is 0 Å². The molecule has 0 bridgehead atoms. The van der Waals surface area contributed by atoms with Gasteiger partial charge in [0.1, 0.15) is 0 Å². The first-order valence-corrected chi connectivity index (χ1v) is 9.24. The molecule has 0 radical (unpaired) electrons. The van der Waals surface area contributed by atoms with Gasteiger partial charge in [0.25, 0.3) is 0 Å². The van der Waals surface area contributed by atoms with E-state index in [1.54, 1.807) is 0 Å². The molecule has 4 atom stereocenters. The van der Waals surface area contributed by atoms with Gasteiger partial charge in [-0.3, -0.25) is 0 Å². The van der Waals surface area contributed by atoms with Crippen molar-refractivity contribution in [1.82, 2.24) is 0 Å². The molecule has 0 amide bonds. The highest BCUT2D eigenvalue weighted by Gasteiger charge is 2.66. The second-order valence-electron chi connectivity index (χ2n) is 8.16. The highest BCUT2D eigenvalue weighted by atomic mass is 16.6. The molecule has 1 heterocycles. The smallest absolute Gasteiger partial charge is 0.171 e. The highest BCUT2D eigenvalue weighted by molar-refractivity contribution is 5.13. The molecule has 21 heavy (non-hydrogen) atoms. The van der Waals surface area contributed by atoms with Crippen molar-refractivity contribution < 1.29 is 14.9 Å². The third kappa shape index (κ3) is 2.04. The van der Waals surface area contributed by atoms with Gasteiger partial charge >= 0.3 is 0 Å². The molecule has 1 aliphatic heterocycles. The van der Waals surface area contributed by atoms with Crippen molar-refractivity contribution in [3.05, 3.63) is 0 Å². The Morgan fingerprint density at radius 1 is 0.667 bits per heavy atom. The van der Waals surface area contributed by atoms with Crippen LogP contribution in [-0.2, 0) is 4.74 Å². The van der Waals surface area contributed by atoms with Crippen molar-refractivity contribution in [2.45, 2.75) is 100 Å². The van der Waals surface area contributed by atoms with Crippen molar-refractivity contribution in [2.24, 2.45) is 11.8 Å². The summed E-state index contributed by atoms with van der Waals surface area (Å²) in [4.78, 5) is 0. The van der Waals surface area contributed by atoms with Crippen LogP contribution in [0.4, 0.5) is 0 Å². The van der Waals surface area contributed by atoms with Crippen LogP contribution in [0.1, 0.15) is 83.5 Å². The predicted octanol–water partition coefficient (Wildman–Crippen LogP) is 3.52. The van der Waals surface area contributed by atoms with Gasteiger partial charge in [0.2, 0.25) is 0 Å². The summed E-state index contributed by atoms with van der Waals surface area (Å²) in [5.74, 6) is -0.864. The molecule has 0 aromatic rings. The Morgan fingerprint density at radius 2 is 1.29 bits per heavy atom. The normalized spacial score (nSPS) is 49.4. The van der Waals surface area contributed by atoms with Crippen molar-refractivity contribution >= 4 is 0 Å². The Hall–Kier alpha value is -0.120. The van der Waals surface area contributed by atoms with E-state index in [1.165, 1.54) is 25.7 Å². The fraction of sp³-hybridized carbons (Fsp3) is 1.00. The summed E-state index contributed by atoms with van der Waals surface area (Å²) in [5.41, 5.74) is -0.918. The molecule has 3 aliphatic carbocycles. The van der Waals surface area contributed by atoms with Crippen LogP contribution in [0.15, 0.2) is 0 Å². The average Bonchev–Trinajstić information content (AvgIpc) is 2.47. The monoisotopic (exact) mass is 294 g/mol. The lowest BCUT2D eigenvalue weighted by Gasteiger charge is -2.65. The molecule has 4 rings (SSSR count). The van der Waals surface area contributed by atoms with Gasteiger partial charge < -0.3 is 14.9 Å². The van der Waals surface area contributed by atoms with Crippen molar-refractivity contribution in [2.75, 3.05) is 0 Å². The lowest BCUT2D eigenvalue weighted by Crippen LogP contribution is -2.72. The van der Waals surface area contributed by atoms with Gasteiger partial charge in [-0.2, -0.15) is 0 Å². The maximum atomic E-state index is 11.6. The van der Waals surface area contributed by atoms with E-state index >= 15 is 0 Å². The van der Waals surface area contributed by atoms with Crippen molar-refractivity contribution in [1.29, 1.82) is 0 Å². The zero-order chi connectivity index (χ0) is 14.6. The third-order valence-electron chi connectivity index (χ3n) is 7.06. The molecule has 3 nitrogen and oxygen atoms in total. The number of aliphatic hydroxyl groups is 2. The van der Waals surface area contributed by atoms with Gasteiger partial charge in [-0.05, 0) is 38.5 Å². The molecule has 0 unspecified atom stereocenters. The van der Waals surface area contributed by atoms with E-state index in [9.17, 15) is 10.2 Å². The van der Waals surface area contributed by atoms with Crippen LogP contribution in [0.5, 0.6) is 0 Å².